The van der Waals surface area contributed by atoms with E-state index >= 15 is 0 Å². The van der Waals surface area contributed by atoms with Crippen molar-refractivity contribution >= 4 is 58.1 Å². The molecule has 10 N–H and O–H groups in total. The Balaban J connectivity index is 0.772. The number of nitrogens with two attached hydrogens (primary N) is 1. The van der Waals surface area contributed by atoms with Gasteiger partial charge in [0.05, 0.1) is 115 Å². The molecule has 2 aromatic carbocycles. The number of unbranched alkanes of at least 4 members (excludes halogenated alkanes) is 1. The highest BCUT2D eigenvalue weighted by Gasteiger charge is 2.28. The summed E-state index contributed by atoms with van der Waals surface area (Å²) in [6.07, 6.45) is 2.52. The maximum atomic E-state index is 14.9. The van der Waals surface area contributed by atoms with Gasteiger partial charge >= 0.3 is 18.0 Å². The van der Waals surface area contributed by atoms with Crippen molar-refractivity contribution in [3.8, 4) is 22.5 Å². The van der Waals surface area contributed by atoms with Crippen LogP contribution in [0.1, 0.15) is 31.2 Å². The zero-order valence-corrected chi connectivity index (χ0v) is 49.4. The molecule has 2 saturated heterocycles. The average Bonchev–Trinajstić information content (AvgIpc) is 2.68. The summed E-state index contributed by atoms with van der Waals surface area (Å²) in [4.78, 5) is 71.0. The second-order valence-electron chi connectivity index (χ2n) is 20.8. The molecule has 2 fully saturated rings. The lowest BCUT2D eigenvalue weighted by molar-refractivity contribution is -0.140. The third kappa shape index (κ3) is 25.5. The van der Waals surface area contributed by atoms with Gasteiger partial charge in [0.1, 0.15) is 17.5 Å². The molecule has 2 aliphatic rings. The predicted molar refractivity (Wildman–Crippen MR) is 317 cm³/mol. The van der Waals surface area contributed by atoms with Gasteiger partial charge in [-0.1, -0.05) is 17.7 Å². The number of halogens is 2. The molecule has 2 amide bonds. The number of amides is 2. The number of aliphatic hydroxyl groups is 2. The minimum atomic E-state index is -1.59. The first-order valence-corrected chi connectivity index (χ1v) is 29.4. The number of aromatic amines is 1. The van der Waals surface area contributed by atoms with Crippen LogP contribution in [0.5, 0.6) is 0 Å². The first-order valence-electron chi connectivity index (χ1n) is 29.1. The Hall–Kier alpha value is -5.92. The minimum Gasteiger partial charge on any atom is -0.480 e. The van der Waals surface area contributed by atoms with Crippen molar-refractivity contribution in [2.45, 2.75) is 44.9 Å². The molecule has 0 radical (unpaired) electrons. The second-order valence-corrected chi connectivity index (χ2v) is 21.3. The van der Waals surface area contributed by atoms with E-state index in [1.807, 2.05) is 24.0 Å². The van der Waals surface area contributed by atoms with Gasteiger partial charge in [-0.05, 0) is 74.1 Å². The highest BCUT2D eigenvalue weighted by Crippen LogP contribution is 2.44. The predicted octanol–water partition coefficient (Wildman–Crippen LogP) is 2.14. The Morgan fingerprint density at radius 2 is 1.26 bits per heavy atom. The quantitative estimate of drug-likeness (QED) is 0.0235. The molecule has 2 aromatic heterocycles. The molecule has 4 aromatic rings. The number of fused-ring (bicyclic) bond motifs is 1. The number of carbonyl (C=O) groups is 4. The van der Waals surface area contributed by atoms with Crippen molar-refractivity contribution in [1.29, 1.82) is 0 Å². The van der Waals surface area contributed by atoms with Gasteiger partial charge in [-0.25, -0.2) is 19.2 Å². The number of hydrogen-bond donors (Lipinski definition) is 9. The lowest BCUT2D eigenvalue weighted by Crippen LogP contribution is -2.50. The topological polar surface area (TPSA) is 324 Å². The number of rotatable bonds is 35. The van der Waals surface area contributed by atoms with Crippen molar-refractivity contribution in [3.05, 3.63) is 59.0 Å². The Morgan fingerprint density at radius 1 is 0.706 bits per heavy atom. The summed E-state index contributed by atoms with van der Waals surface area (Å²) in [5.74, 6) is -1.40. The van der Waals surface area contributed by atoms with E-state index in [2.05, 4.69) is 25.8 Å². The number of pyridine rings is 1. The third-order valence-electron chi connectivity index (χ3n) is 14.0. The number of aliphatic hydroxyl groups excluding tert-OH is 1. The fraction of sp³-hybridized carbons (Fsp3) is 0.614. The van der Waals surface area contributed by atoms with Crippen LogP contribution < -0.4 is 26.6 Å². The third-order valence-corrected chi connectivity index (χ3v) is 14.3. The minimum absolute atomic E-state index is 0.0362. The van der Waals surface area contributed by atoms with Gasteiger partial charge < -0.3 is 80.4 Å². The molecule has 0 aliphatic carbocycles. The van der Waals surface area contributed by atoms with Crippen molar-refractivity contribution < 1.29 is 72.4 Å². The fourth-order valence-corrected chi connectivity index (χ4v) is 9.91. The molecule has 0 spiro atoms. The number of nitrogens with zero attached hydrogens (tertiary/aromatic N) is 7. The average molecular weight is 1220 g/mol. The van der Waals surface area contributed by atoms with E-state index in [1.54, 1.807) is 33.0 Å². The van der Waals surface area contributed by atoms with E-state index in [4.69, 9.17) is 55.7 Å². The number of aliphatic carboxylic acids is 2. The number of nitrogens with one attached hydrogen (secondary N) is 4. The van der Waals surface area contributed by atoms with E-state index in [1.165, 1.54) is 12.1 Å². The number of imidazole rings is 1. The van der Waals surface area contributed by atoms with E-state index in [9.17, 15) is 44.0 Å². The Bertz CT molecular complexity index is 2650. The van der Waals surface area contributed by atoms with Crippen LogP contribution in [0.2, 0.25) is 5.02 Å². The summed E-state index contributed by atoms with van der Waals surface area (Å²) >= 11 is 6.36. The molecule has 472 valence electrons. The van der Waals surface area contributed by atoms with Crippen molar-refractivity contribution in [3.63, 3.8) is 0 Å². The standard InChI is InChI=1S/C57H86ClFN12O14/c1-41-32-42(34-44(59)33-41)46-36-64-55(53(54(46)71-11-6-45(60)7-12-71)56-65-47-5-4-43(58)35-48(47)66-56)62-8-2-3-21-85-57(79)63-10-23-81-25-27-83-29-31-84-30-28-82-26-24-80-22-9-61-49(72)37-67-13-15-68(38-50(73)74)17-19-70(40-52(77)78)20-18-69(16-14-67)39-51(75)76/h4-5,32-36,45,50,73-74H,2-3,6-31,37-40,60H2,1H3,(H,61,72)(H,62,64)(H,63,79)(H,65,66)(H,75,76)(H,77,78). The molecule has 0 saturated carbocycles. The van der Waals surface area contributed by atoms with Gasteiger partial charge in [-0.2, -0.15) is 0 Å². The first kappa shape index (κ1) is 68.2. The number of hydrogen-bond acceptors (Lipinski definition) is 21. The number of ether oxygens (including phenoxy) is 6. The number of H-pyrrole nitrogens is 1. The molecule has 26 nitrogen and oxygen atoms in total. The van der Waals surface area contributed by atoms with Crippen LogP contribution in [0.4, 0.5) is 20.7 Å². The van der Waals surface area contributed by atoms with Gasteiger partial charge in [0, 0.05) is 114 Å². The maximum Gasteiger partial charge on any atom is 0.407 e. The molecule has 0 atom stereocenters. The highest BCUT2D eigenvalue weighted by atomic mass is 35.5. The summed E-state index contributed by atoms with van der Waals surface area (Å²) in [5, 5.41) is 47.7. The Morgan fingerprint density at radius 3 is 1.82 bits per heavy atom. The number of aryl methyl sites for hydroxylation is 1. The number of aromatic nitrogens is 3. The van der Waals surface area contributed by atoms with Gasteiger partial charge in [-0.15, -0.1) is 0 Å². The van der Waals surface area contributed by atoms with Gasteiger partial charge in [0.2, 0.25) is 5.91 Å². The number of piperidine rings is 1. The van der Waals surface area contributed by atoms with Crippen molar-refractivity contribution in [2.75, 3.05) is 194 Å². The number of β-amino-alcohol motifs (C(OH)–C–C–N with tert-alkyl or cyclic N) is 2. The molecule has 4 heterocycles. The van der Waals surface area contributed by atoms with Crippen molar-refractivity contribution in [1.82, 2.24) is 45.2 Å². The summed E-state index contributed by atoms with van der Waals surface area (Å²) in [7, 11) is 0. The Labute approximate surface area is 500 Å². The molecule has 28 heteroatoms. The zero-order valence-electron chi connectivity index (χ0n) is 48.7. The zero-order chi connectivity index (χ0) is 60.8. The molecular weight excluding hydrogens is 1130 g/mol. The van der Waals surface area contributed by atoms with E-state index in [0.717, 1.165) is 40.7 Å². The lowest BCUT2D eigenvalue weighted by Gasteiger charge is -2.35. The summed E-state index contributed by atoms with van der Waals surface area (Å²) in [5.41, 5.74) is 11.8. The highest BCUT2D eigenvalue weighted by molar-refractivity contribution is 6.31. The number of alkyl carbamates (subject to hydrolysis) is 1. The van der Waals surface area contributed by atoms with E-state index in [0.29, 0.717) is 165 Å². The number of carbonyl (C=O) groups excluding carboxylic acids is 2. The van der Waals surface area contributed by atoms with Crippen molar-refractivity contribution in [2.24, 2.45) is 5.73 Å². The van der Waals surface area contributed by atoms with E-state index in [-0.39, 0.29) is 76.9 Å². The molecule has 0 bridgehead atoms. The lowest BCUT2D eigenvalue weighted by atomic mass is 9.96. The van der Waals surface area contributed by atoms with Gasteiger partial charge in [-0.3, -0.25) is 34.0 Å². The molecule has 6 rings (SSSR count). The van der Waals surface area contributed by atoms with Crippen LogP contribution in [0, 0.1) is 12.7 Å². The molecule has 2 aliphatic heterocycles. The number of benzene rings is 2. The summed E-state index contributed by atoms with van der Waals surface area (Å²) in [6, 6.07) is 10.6. The molecule has 85 heavy (non-hydrogen) atoms. The Kier molecular flexibility index (Phi) is 30.2. The van der Waals surface area contributed by atoms with Crippen LogP contribution in [-0.4, -0.2) is 275 Å². The monoisotopic (exact) mass is 1220 g/mol. The second kappa shape index (κ2) is 37.6. The number of carboxylic acids is 2. The van der Waals surface area contributed by atoms with Crippen LogP contribution in [0.25, 0.3) is 33.5 Å². The maximum absolute atomic E-state index is 14.9. The molecular formula is C57H86ClFN12O14. The molecule has 0 unspecified atom stereocenters. The summed E-state index contributed by atoms with van der Waals surface area (Å²) in [6.45, 7) is 10.2. The van der Waals surface area contributed by atoms with Crippen LogP contribution >= 0.6 is 11.6 Å². The van der Waals surface area contributed by atoms with Crippen LogP contribution in [-0.2, 0) is 42.8 Å². The van der Waals surface area contributed by atoms with E-state index < -0.39 is 24.3 Å². The van der Waals surface area contributed by atoms with Crippen LogP contribution in [0.15, 0.2) is 42.6 Å². The first-order chi connectivity index (χ1) is 41.1. The SMILES string of the molecule is Cc1cc(F)cc(-c2cnc(NCCCCOC(=O)NCCOCCOCCOCCOCCOCCNC(=O)CN3CCN(CC(=O)O)CCN(CC(=O)O)CCN(CC(O)O)CC3)c(-c3nc4cc(Cl)ccc4[nH]3)c2N2CCC(N)CC2)c1. The smallest absolute Gasteiger partial charge is 0.407 e. The number of anilines is 2. The normalized spacial score (nSPS) is 15.7. The largest absolute Gasteiger partial charge is 0.480 e. The summed E-state index contributed by atoms with van der Waals surface area (Å²) < 4.78 is 48.1. The fourth-order valence-electron chi connectivity index (χ4n) is 9.74. The van der Waals surface area contributed by atoms with Gasteiger partial charge in [0.25, 0.3) is 0 Å². The number of carboxylic acid groups (broad SMARTS) is 2. The van der Waals surface area contributed by atoms with Crippen LogP contribution in [0.3, 0.4) is 0 Å². The van der Waals surface area contributed by atoms with Gasteiger partial charge in [0.15, 0.2) is 6.29 Å².